The average molecular weight is 758 g/mol. The van der Waals surface area contributed by atoms with Crippen molar-refractivity contribution < 1.29 is 20.4 Å². The predicted octanol–water partition coefficient (Wildman–Crippen LogP) is 8.35. The summed E-state index contributed by atoms with van der Waals surface area (Å²) in [5, 5.41) is 7.16. The van der Waals surface area contributed by atoms with E-state index in [1.165, 1.54) is 31.8 Å². The van der Waals surface area contributed by atoms with Gasteiger partial charge in [-0.1, -0.05) is 0 Å². The maximum Gasteiger partial charge on any atom is 0 e. The van der Waals surface area contributed by atoms with Crippen LogP contribution < -0.4 is 31.8 Å². The van der Waals surface area contributed by atoms with Crippen LogP contribution in [0.4, 0.5) is 0 Å². The minimum atomic E-state index is -3.25. The zero-order chi connectivity index (χ0) is 30.5. The van der Waals surface area contributed by atoms with Gasteiger partial charge in [0.05, 0.1) is 0 Å². The first kappa shape index (κ1) is 33.8. The Bertz CT molecular complexity index is 1430. The van der Waals surface area contributed by atoms with E-state index < -0.39 is 18.9 Å². The fourth-order valence-corrected chi connectivity index (χ4v) is 25.4. The molecule has 232 valence electrons. The molecule has 0 aliphatic carbocycles. The molecule has 1 atom stereocenters. The summed E-state index contributed by atoms with van der Waals surface area (Å²) >= 11 is 17.0. The molecular weight excluding hydrogens is 720 g/mol. The van der Waals surface area contributed by atoms with Gasteiger partial charge in [-0.3, -0.25) is 0 Å². The summed E-state index contributed by atoms with van der Waals surface area (Å²) in [6, 6.07) is 66.0. The monoisotopic (exact) mass is 756 g/mol. The predicted molar refractivity (Wildman–Crippen MR) is 202 cm³/mol. The third-order valence-electron chi connectivity index (χ3n) is 9.12. The molecular formula is C40H38Cl2P2Pd. The number of hydrogen-bond acceptors (Lipinski definition) is 0. The largest absolute Gasteiger partial charge is 0 e. The Morgan fingerprint density at radius 2 is 0.600 bits per heavy atom. The van der Waals surface area contributed by atoms with Crippen LogP contribution in [0.1, 0.15) is 13.3 Å². The van der Waals surface area contributed by atoms with Crippen molar-refractivity contribution in [2.24, 2.45) is 0 Å². The van der Waals surface area contributed by atoms with Crippen molar-refractivity contribution in [1.29, 1.82) is 0 Å². The fraction of sp³-hybridized carbons (Fsp3) is 0.100. The summed E-state index contributed by atoms with van der Waals surface area (Å²) in [6.07, 6.45) is 0.716. The Labute approximate surface area is 293 Å². The first-order valence-corrected chi connectivity index (χ1v) is 20.1. The normalized spacial score (nSPS) is 14.4. The topological polar surface area (TPSA) is 0 Å². The van der Waals surface area contributed by atoms with Crippen molar-refractivity contribution in [3.63, 3.8) is 0 Å². The van der Waals surface area contributed by atoms with E-state index in [0.717, 1.165) is 0 Å². The molecule has 1 unspecified atom stereocenters. The quantitative estimate of drug-likeness (QED) is 0.0750. The van der Waals surface area contributed by atoms with Gasteiger partial charge in [0.2, 0.25) is 0 Å². The maximum atomic E-state index is 9.03. The molecule has 0 heterocycles. The van der Waals surface area contributed by atoms with Crippen molar-refractivity contribution in [1.82, 2.24) is 0 Å². The van der Waals surface area contributed by atoms with Crippen molar-refractivity contribution in [3.05, 3.63) is 182 Å². The van der Waals surface area contributed by atoms with E-state index in [2.05, 4.69) is 189 Å². The summed E-state index contributed by atoms with van der Waals surface area (Å²) < 4.78 is -0.926. The van der Waals surface area contributed by atoms with Crippen LogP contribution in [-0.2, 0) is 20.4 Å². The third kappa shape index (κ3) is 5.58. The Morgan fingerprint density at radius 3 is 0.756 bits per heavy atom. The molecule has 0 saturated heterocycles. The summed E-state index contributed by atoms with van der Waals surface area (Å²) in [6.45, 7) is 2.19. The number of benzene rings is 6. The van der Waals surface area contributed by atoms with E-state index in [1.807, 2.05) is 0 Å². The van der Waals surface area contributed by atoms with E-state index in [-0.39, 0.29) is 25.8 Å². The molecule has 6 rings (SSSR count). The minimum absolute atomic E-state index is 0. The molecule has 0 radical (unpaired) electrons. The van der Waals surface area contributed by atoms with Crippen LogP contribution in [-0.4, -0.2) is 9.73 Å². The first-order valence-electron chi connectivity index (χ1n) is 15.3. The molecule has 0 aliphatic rings. The fourth-order valence-electron chi connectivity index (χ4n) is 7.42. The number of rotatable bonds is 10. The van der Waals surface area contributed by atoms with Gasteiger partial charge in [0.15, 0.2) is 0 Å². The molecule has 0 spiro atoms. The number of hydrogen-bond donors (Lipinski definition) is 0. The molecule has 0 fully saturated rings. The number of alkyl halides is 2. The van der Waals surface area contributed by atoms with E-state index >= 15 is 0 Å². The van der Waals surface area contributed by atoms with Gasteiger partial charge in [-0.15, -0.1) is 0 Å². The van der Waals surface area contributed by atoms with E-state index in [0.29, 0.717) is 6.42 Å². The van der Waals surface area contributed by atoms with E-state index in [9.17, 15) is 0 Å². The van der Waals surface area contributed by atoms with Crippen LogP contribution in [0.3, 0.4) is 0 Å². The third-order valence-corrected chi connectivity index (χ3v) is 24.5. The molecule has 0 amide bonds. The molecule has 0 nitrogen and oxygen atoms in total. The van der Waals surface area contributed by atoms with Crippen LogP contribution in [0.2, 0.25) is 0 Å². The Morgan fingerprint density at radius 1 is 0.422 bits per heavy atom. The molecule has 0 aliphatic heterocycles. The Kier molecular flexibility index (Phi) is 11.2. The maximum absolute atomic E-state index is 9.03. The van der Waals surface area contributed by atoms with Crippen LogP contribution in [0, 0.1) is 0 Å². The SMILES string of the molecule is CCC(Cl)C(Cl)([PH](c1ccccc1)(c1ccccc1)c1ccccc1)[PH](c1ccccc1)(c1ccccc1)c1ccccc1.[Pd]. The van der Waals surface area contributed by atoms with Gasteiger partial charge in [0.25, 0.3) is 0 Å². The summed E-state index contributed by atoms with van der Waals surface area (Å²) in [7, 11) is -6.50. The van der Waals surface area contributed by atoms with E-state index in [4.69, 9.17) is 23.2 Å². The van der Waals surface area contributed by atoms with Crippen LogP contribution in [0.5, 0.6) is 0 Å². The van der Waals surface area contributed by atoms with Gasteiger partial charge < -0.3 is 0 Å². The van der Waals surface area contributed by atoms with Crippen LogP contribution in [0.15, 0.2) is 182 Å². The molecule has 0 saturated carbocycles. The van der Waals surface area contributed by atoms with Crippen LogP contribution >= 0.6 is 37.7 Å². The van der Waals surface area contributed by atoms with Gasteiger partial charge in [-0.2, -0.15) is 0 Å². The summed E-state index contributed by atoms with van der Waals surface area (Å²) in [5.41, 5.74) is 0. The molecule has 6 aromatic carbocycles. The van der Waals surface area contributed by atoms with Gasteiger partial charge >= 0.3 is 275 Å². The Hall–Kier alpha value is -2.58. The molecule has 0 aromatic heterocycles. The van der Waals surface area contributed by atoms with Gasteiger partial charge in [-0.05, 0) is 0 Å². The zero-order valence-corrected chi connectivity index (χ0v) is 30.2. The first-order chi connectivity index (χ1) is 21.6. The standard InChI is InChI=1S/C40H38Cl2P2.Pd/c1-2-39(41)40(42,43(33-21-9-3-10-22-33,34-23-11-4-12-24-34)35-25-13-5-14-26-35)44(36-27-15-6-16-28-36,37-29-17-7-18-30-37)38-31-19-8-20-32-38;/h3-32,39,43-44H,2H2,1H3;. The minimum Gasteiger partial charge on any atom is 0 e. The van der Waals surface area contributed by atoms with Crippen molar-refractivity contribution in [3.8, 4) is 0 Å². The summed E-state index contributed by atoms with van der Waals surface area (Å²) in [4.78, 5) is 0. The van der Waals surface area contributed by atoms with Crippen molar-refractivity contribution in [2.45, 2.75) is 23.1 Å². The molecule has 5 heteroatoms. The van der Waals surface area contributed by atoms with Gasteiger partial charge in [0.1, 0.15) is 0 Å². The smallest absolute Gasteiger partial charge is 0 e. The van der Waals surface area contributed by atoms with Crippen molar-refractivity contribution in [2.75, 3.05) is 0 Å². The number of halogens is 2. The second-order valence-corrected chi connectivity index (χ2v) is 21.6. The van der Waals surface area contributed by atoms with Crippen molar-refractivity contribution >= 4 is 69.6 Å². The molecule has 45 heavy (non-hydrogen) atoms. The summed E-state index contributed by atoms with van der Waals surface area (Å²) in [5.74, 6) is 0. The second kappa shape index (κ2) is 14.9. The van der Waals surface area contributed by atoms with E-state index in [1.54, 1.807) is 0 Å². The average Bonchev–Trinajstić information content (AvgIpc) is 3.11. The zero-order valence-electron chi connectivity index (χ0n) is 25.2. The second-order valence-electron chi connectivity index (χ2n) is 11.3. The van der Waals surface area contributed by atoms with Gasteiger partial charge in [0, 0.05) is 20.4 Å². The molecule has 6 aromatic rings. The Balaban J connectivity index is 0.00000400. The molecule has 0 N–H and O–H groups in total. The van der Waals surface area contributed by atoms with Crippen LogP contribution in [0.25, 0.3) is 0 Å². The van der Waals surface area contributed by atoms with Gasteiger partial charge in [-0.25, -0.2) is 0 Å². The molecule has 0 bridgehead atoms.